The molecule has 1 aliphatic carbocycles. The van der Waals surface area contributed by atoms with Crippen LogP contribution in [-0.4, -0.2) is 40.2 Å². The summed E-state index contributed by atoms with van der Waals surface area (Å²) in [6.45, 7) is 0. The number of alkyl halides is 1. The first-order chi connectivity index (χ1) is 11.3. The molecule has 0 bridgehead atoms. The normalized spacial score (nSPS) is 22.1. The van der Waals surface area contributed by atoms with E-state index >= 15 is 0 Å². The van der Waals surface area contributed by atoms with Crippen LogP contribution in [0.2, 0.25) is 0 Å². The molecular weight excluding hydrogens is 463 g/mol. The average molecular weight is 482 g/mol. The van der Waals surface area contributed by atoms with Crippen LogP contribution < -0.4 is 5.84 Å². The van der Waals surface area contributed by atoms with Crippen LogP contribution in [0.25, 0.3) is 5.70 Å². The molecule has 1 atom stereocenters. The van der Waals surface area contributed by atoms with Crippen molar-refractivity contribution in [2.45, 2.75) is 47.0 Å². The first-order valence-electron chi connectivity index (χ1n) is 7.77. The van der Waals surface area contributed by atoms with Crippen LogP contribution >= 0.6 is 33.9 Å². The Bertz CT molecular complexity index is 781. The largest absolute Gasteiger partial charge is 0.480 e. The van der Waals surface area contributed by atoms with Crippen molar-refractivity contribution in [3.8, 4) is 0 Å². The number of nitrogens with zero attached hydrogens (tertiary/aromatic N) is 1. The van der Waals surface area contributed by atoms with Gasteiger partial charge < -0.3 is 10.1 Å². The minimum absolute atomic E-state index is 0.122. The maximum Gasteiger partial charge on any atom is 0.320 e. The molecule has 9 heteroatoms. The lowest BCUT2D eigenvalue weighted by Crippen LogP contribution is -2.43. The predicted molar refractivity (Wildman–Crippen MR) is 102 cm³/mol. The van der Waals surface area contributed by atoms with Gasteiger partial charge in [0.1, 0.15) is 3.92 Å². The Balaban J connectivity index is 2.13. The van der Waals surface area contributed by atoms with Crippen molar-refractivity contribution in [2.24, 2.45) is 5.84 Å². The van der Waals surface area contributed by atoms with Gasteiger partial charge in [-0.2, -0.15) is 0 Å². The number of halogens is 1. The van der Waals surface area contributed by atoms with E-state index in [0.717, 1.165) is 25.7 Å². The van der Waals surface area contributed by atoms with Crippen LogP contribution in [-0.2, 0) is 14.6 Å². The lowest BCUT2D eigenvalue weighted by atomic mass is 9.94. The Morgan fingerprint density at radius 2 is 2.04 bits per heavy atom. The Labute approximate surface area is 158 Å². The minimum atomic E-state index is -3.52. The van der Waals surface area contributed by atoms with Crippen molar-refractivity contribution in [3.05, 3.63) is 21.9 Å². The second-order valence-electron chi connectivity index (χ2n) is 6.15. The number of nitrogens with two attached hydrogens (primary N) is 1. The summed E-state index contributed by atoms with van der Waals surface area (Å²) in [4.78, 5) is 12.4. The second-order valence-corrected chi connectivity index (χ2v) is 10.3. The monoisotopic (exact) mass is 482 g/mol. The van der Waals surface area contributed by atoms with Gasteiger partial charge in [0.05, 0.1) is 21.2 Å². The number of carbonyl (C=O) groups is 1. The van der Waals surface area contributed by atoms with E-state index in [1.807, 2.05) is 0 Å². The van der Waals surface area contributed by atoms with Gasteiger partial charge in [-0.3, -0.25) is 4.79 Å². The Morgan fingerprint density at radius 1 is 1.38 bits per heavy atom. The standard InChI is InChI=1S/C15H19IN2O4S2/c16-12(15(19)20)10-8-24(21,22)11-6-7-23-14(11)13(10)18(17)9-4-2-1-3-5-9/h6-7,9,12H,1-5,8,17H2,(H,19,20). The SMILES string of the molecule is NN(C1=C(C(I)C(=O)O)CS(=O)(=O)c2ccsc21)C1CCCCC1. The van der Waals surface area contributed by atoms with Crippen molar-refractivity contribution in [3.63, 3.8) is 0 Å². The van der Waals surface area contributed by atoms with Crippen LogP contribution in [0.15, 0.2) is 21.9 Å². The van der Waals surface area contributed by atoms with Gasteiger partial charge in [0.2, 0.25) is 0 Å². The fourth-order valence-corrected chi connectivity index (χ4v) is 7.20. The smallest absolute Gasteiger partial charge is 0.320 e. The third-order valence-electron chi connectivity index (χ3n) is 4.58. The maximum atomic E-state index is 12.5. The van der Waals surface area contributed by atoms with Crippen LogP contribution in [0.5, 0.6) is 0 Å². The molecule has 132 valence electrons. The van der Waals surface area contributed by atoms with Gasteiger partial charge in [0, 0.05) is 6.04 Å². The first kappa shape index (κ1) is 18.2. The van der Waals surface area contributed by atoms with E-state index in [2.05, 4.69) is 0 Å². The summed E-state index contributed by atoms with van der Waals surface area (Å²) in [5.41, 5.74) is 0.981. The van der Waals surface area contributed by atoms with Crippen molar-refractivity contribution >= 4 is 55.4 Å². The van der Waals surface area contributed by atoms with Gasteiger partial charge in [0.15, 0.2) is 9.84 Å². The fourth-order valence-electron chi connectivity index (χ4n) is 3.38. The molecule has 6 nitrogen and oxygen atoms in total. The molecule has 3 rings (SSSR count). The zero-order valence-electron chi connectivity index (χ0n) is 12.9. The summed E-state index contributed by atoms with van der Waals surface area (Å²) in [7, 11) is -3.52. The topological polar surface area (TPSA) is 101 Å². The van der Waals surface area contributed by atoms with E-state index in [-0.39, 0.29) is 16.7 Å². The molecule has 24 heavy (non-hydrogen) atoms. The third-order valence-corrected chi connectivity index (χ3v) is 8.61. The Kier molecular flexibility index (Phi) is 5.24. The van der Waals surface area contributed by atoms with E-state index < -0.39 is 19.7 Å². The second kappa shape index (κ2) is 6.93. The summed E-state index contributed by atoms with van der Waals surface area (Å²) in [6.07, 6.45) is 5.24. The van der Waals surface area contributed by atoms with E-state index in [1.165, 1.54) is 17.8 Å². The molecule has 0 aromatic carbocycles. The van der Waals surface area contributed by atoms with Gasteiger partial charge >= 0.3 is 5.97 Å². The number of hydrazine groups is 1. The molecule has 0 spiro atoms. The zero-order valence-corrected chi connectivity index (χ0v) is 16.7. The summed E-state index contributed by atoms with van der Waals surface area (Å²) < 4.78 is 24.1. The van der Waals surface area contributed by atoms with E-state index in [4.69, 9.17) is 5.84 Å². The number of thiophene rings is 1. The number of carboxylic acids is 1. The molecule has 2 aliphatic rings. The lowest BCUT2D eigenvalue weighted by molar-refractivity contribution is -0.135. The molecule has 1 unspecified atom stereocenters. The third kappa shape index (κ3) is 3.23. The van der Waals surface area contributed by atoms with Crippen molar-refractivity contribution in [2.75, 3.05) is 5.75 Å². The summed E-state index contributed by atoms with van der Waals surface area (Å²) in [5.74, 6) is 5.07. The average Bonchev–Trinajstić information content (AvgIpc) is 3.04. The van der Waals surface area contributed by atoms with Crippen molar-refractivity contribution in [1.29, 1.82) is 0 Å². The number of aliphatic carboxylic acids is 1. The molecular formula is C15H19IN2O4S2. The number of carboxylic acid groups (broad SMARTS) is 1. The Hall–Kier alpha value is -0.650. The quantitative estimate of drug-likeness (QED) is 0.296. The molecule has 0 amide bonds. The number of hydrogen-bond donors (Lipinski definition) is 2. The number of hydrogen-bond acceptors (Lipinski definition) is 6. The van der Waals surface area contributed by atoms with Crippen molar-refractivity contribution < 1.29 is 18.3 Å². The van der Waals surface area contributed by atoms with Gasteiger partial charge in [-0.15, -0.1) is 11.3 Å². The number of fused-ring (bicyclic) bond motifs is 1. The molecule has 1 aliphatic heterocycles. The molecule has 1 aromatic heterocycles. The molecule has 3 N–H and O–H groups in total. The highest BCUT2D eigenvalue weighted by Crippen LogP contribution is 2.42. The van der Waals surface area contributed by atoms with Crippen molar-refractivity contribution in [1.82, 2.24) is 5.01 Å². The summed E-state index contributed by atoms with van der Waals surface area (Å²) >= 11 is 3.09. The molecule has 1 saturated carbocycles. The number of rotatable bonds is 4. The maximum absolute atomic E-state index is 12.5. The highest BCUT2D eigenvalue weighted by atomic mass is 127. The first-order valence-corrected chi connectivity index (χ1v) is 11.5. The van der Waals surface area contributed by atoms with Gasteiger partial charge in [-0.05, 0) is 29.9 Å². The zero-order chi connectivity index (χ0) is 17.5. The van der Waals surface area contributed by atoms with Gasteiger partial charge in [-0.25, -0.2) is 14.3 Å². The summed E-state index contributed by atoms with van der Waals surface area (Å²) in [6, 6.07) is 1.71. The molecule has 2 heterocycles. The molecule has 1 fully saturated rings. The predicted octanol–water partition coefficient (Wildman–Crippen LogP) is 2.64. The van der Waals surface area contributed by atoms with Gasteiger partial charge in [-0.1, -0.05) is 41.9 Å². The fraction of sp³-hybridized carbons (Fsp3) is 0.533. The summed E-state index contributed by atoms with van der Waals surface area (Å²) in [5, 5.41) is 12.8. The van der Waals surface area contributed by atoms with Crippen LogP contribution in [0.3, 0.4) is 0 Å². The number of sulfone groups is 1. The van der Waals surface area contributed by atoms with Gasteiger partial charge in [0.25, 0.3) is 0 Å². The van der Waals surface area contributed by atoms with Crippen LogP contribution in [0, 0.1) is 0 Å². The van der Waals surface area contributed by atoms with Crippen LogP contribution in [0.4, 0.5) is 0 Å². The van der Waals surface area contributed by atoms with E-state index in [0.29, 0.717) is 16.1 Å². The Morgan fingerprint density at radius 3 is 2.67 bits per heavy atom. The van der Waals surface area contributed by atoms with E-state index in [1.54, 1.807) is 39.0 Å². The molecule has 1 aromatic rings. The highest BCUT2D eigenvalue weighted by molar-refractivity contribution is 14.1. The molecule has 0 radical (unpaired) electrons. The highest BCUT2D eigenvalue weighted by Gasteiger charge is 2.39. The minimum Gasteiger partial charge on any atom is -0.480 e. The molecule has 0 saturated heterocycles. The lowest BCUT2D eigenvalue weighted by Gasteiger charge is -2.37. The van der Waals surface area contributed by atoms with E-state index in [9.17, 15) is 18.3 Å². The van der Waals surface area contributed by atoms with Crippen LogP contribution in [0.1, 0.15) is 37.0 Å².